The molecule has 2 aromatic rings. The number of hydrogen-bond donors (Lipinski definition) is 0. The maximum absolute atomic E-state index is 8.84. The van der Waals surface area contributed by atoms with Crippen LogP contribution in [0.4, 0.5) is 0 Å². The maximum Gasteiger partial charge on any atom is 0.119 e. The summed E-state index contributed by atoms with van der Waals surface area (Å²) < 4.78 is 11.3. The number of nitriles is 1. The van der Waals surface area contributed by atoms with E-state index in [1.165, 1.54) is 25.7 Å². The highest BCUT2D eigenvalue weighted by atomic mass is 16.5. The van der Waals surface area contributed by atoms with Gasteiger partial charge in [-0.05, 0) is 41.8 Å². The molecule has 0 saturated carbocycles. The molecule has 0 atom stereocenters. The zero-order chi connectivity index (χ0) is 17.7. The van der Waals surface area contributed by atoms with E-state index in [0.29, 0.717) is 18.8 Å². The average molecular weight is 337 g/mol. The molecular formula is C22H27NO2. The third kappa shape index (κ3) is 6.99. The number of nitrogens with zero attached hydrogens (tertiary/aromatic N) is 1. The van der Waals surface area contributed by atoms with Gasteiger partial charge in [-0.15, -0.1) is 0 Å². The Kier molecular flexibility index (Phi) is 8.58. The van der Waals surface area contributed by atoms with Gasteiger partial charge in [0.25, 0.3) is 0 Å². The highest BCUT2D eigenvalue weighted by Gasteiger charge is 2.00. The minimum atomic E-state index is 0.575. The molecule has 25 heavy (non-hydrogen) atoms. The third-order valence-corrected chi connectivity index (χ3v) is 4.09. The fourth-order valence-electron chi connectivity index (χ4n) is 2.61. The molecule has 0 unspecified atom stereocenters. The average Bonchev–Trinajstić information content (AvgIpc) is 2.67. The van der Waals surface area contributed by atoms with Gasteiger partial charge in [0, 0.05) is 6.61 Å². The third-order valence-electron chi connectivity index (χ3n) is 4.09. The Morgan fingerprint density at radius 1 is 0.760 bits per heavy atom. The van der Waals surface area contributed by atoms with Crippen molar-refractivity contribution in [2.45, 2.75) is 39.0 Å². The van der Waals surface area contributed by atoms with Gasteiger partial charge in [0.15, 0.2) is 0 Å². The van der Waals surface area contributed by atoms with Crippen LogP contribution >= 0.6 is 0 Å². The Bertz CT molecular complexity index is 641. The largest absolute Gasteiger partial charge is 0.491 e. The predicted molar refractivity (Wildman–Crippen MR) is 102 cm³/mol. The van der Waals surface area contributed by atoms with Gasteiger partial charge in [0.1, 0.15) is 12.4 Å². The van der Waals surface area contributed by atoms with Crippen molar-refractivity contribution in [3.63, 3.8) is 0 Å². The summed E-state index contributed by atoms with van der Waals surface area (Å²) in [5.41, 5.74) is 2.88. The lowest BCUT2D eigenvalue weighted by atomic mass is 10.0. The Hall–Kier alpha value is -2.31. The minimum absolute atomic E-state index is 0.575. The summed E-state index contributed by atoms with van der Waals surface area (Å²) in [6.07, 6.45) is 6.30. The van der Waals surface area contributed by atoms with E-state index in [1.807, 2.05) is 48.5 Å². The lowest BCUT2D eigenvalue weighted by Crippen LogP contribution is -2.07. The Labute approximate surface area is 151 Å². The van der Waals surface area contributed by atoms with Crippen LogP contribution in [0.25, 0.3) is 11.1 Å². The zero-order valence-corrected chi connectivity index (χ0v) is 15.0. The van der Waals surface area contributed by atoms with Crippen LogP contribution in [0.5, 0.6) is 5.75 Å². The van der Waals surface area contributed by atoms with Crippen LogP contribution in [0.2, 0.25) is 0 Å². The van der Waals surface area contributed by atoms with E-state index in [9.17, 15) is 0 Å². The van der Waals surface area contributed by atoms with Crippen molar-refractivity contribution < 1.29 is 9.47 Å². The molecule has 0 bridgehead atoms. The highest BCUT2D eigenvalue weighted by Crippen LogP contribution is 2.22. The van der Waals surface area contributed by atoms with Crippen molar-refractivity contribution >= 4 is 0 Å². The van der Waals surface area contributed by atoms with E-state index in [4.69, 9.17) is 14.7 Å². The summed E-state index contributed by atoms with van der Waals surface area (Å²) in [5.74, 6) is 0.851. The second kappa shape index (κ2) is 11.3. The van der Waals surface area contributed by atoms with Crippen LogP contribution in [0.15, 0.2) is 48.5 Å². The fourth-order valence-corrected chi connectivity index (χ4v) is 2.61. The van der Waals surface area contributed by atoms with E-state index in [-0.39, 0.29) is 0 Å². The number of benzene rings is 2. The van der Waals surface area contributed by atoms with Crippen molar-refractivity contribution in [3.8, 4) is 22.9 Å². The number of unbranched alkanes of at least 4 members (excludes halogenated alkanes) is 4. The molecule has 0 aliphatic rings. The molecule has 0 N–H and O–H groups in total. The van der Waals surface area contributed by atoms with Crippen LogP contribution in [-0.2, 0) is 4.74 Å². The van der Waals surface area contributed by atoms with E-state index in [0.717, 1.165) is 29.9 Å². The lowest BCUT2D eigenvalue weighted by Gasteiger charge is -2.08. The van der Waals surface area contributed by atoms with Gasteiger partial charge in [-0.3, -0.25) is 0 Å². The molecule has 0 aliphatic heterocycles. The van der Waals surface area contributed by atoms with E-state index in [2.05, 4.69) is 13.0 Å². The molecular weight excluding hydrogens is 310 g/mol. The normalized spacial score (nSPS) is 10.4. The Morgan fingerprint density at radius 3 is 2.04 bits per heavy atom. The molecule has 0 saturated heterocycles. The quantitative estimate of drug-likeness (QED) is 0.502. The minimum Gasteiger partial charge on any atom is -0.491 e. The molecule has 2 aromatic carbocycles. The molecule has 3 heteroatoms. The number of rotatable bonds is 11. The molecule has 0 heterocycles. The van der Waals surface area contributed by atoms with Crippen molar-refractivity contribution in [1.82, 2.24) is 0 Å². The van der Waals surface area contributed by atoms with E-state index in [1.54, 1.807) is 0 Å². The van der Waals surface area contributed by atoms with Crippen LogP contribution in [-0.4, -0.2) is 19.8 Å². The molecule has 3 nitrogen and oxygen atoms in total. The summed E-state index contributed by atoms with van der Waals surface area (Å²) in [6.45, 7) is 4.26. The van der Waals surface area contributed by atoms with Crippen molar-refractivity contribution in [2.75, 3.05) is 19.8 Å². The molecule has 0 amide bonds. The van der Waals surface area contributed by atoms with Crippen molar-refractivity contribution in [2.24, 2.45) is 0 Å². The van der Waals surface area contributed by atoms with Crippen LogP contribution in [0.1, 0.15) is 44.6 Å². The summed E-state index contributed by atoms with van der Waals surface area (Å²) in [4.78, 5) is 0. The first-order valence-electron chi connectivity index (χ1n) is 9.14. The first-order chi connectivity index (χ1) is 12.3. The summed E-state index contributed by atoms with van der Waals surface area (Å²) in [6, 6.07) is 17.7. The second-order valence-electron chi connectivity index (χ2n) is 6.09. The summed E-state index contributed by atoms with van der Waals surface area (Å²) >= 11 is 0. The number of ether oxygens (including phenoxy) is 2. The van der Waals surface area contributed by atoms with Crippen molar-refractivity contribution in [1.29, 1.82) is 5.26 Å². The molecule has 0 fully saturated rings. The lowest BCUT2D eigenvalue weighted by molar-refractivity contribution is 0.0971. The zero-order valence-electron chi connectivity index (χ0n) is 15.0. The van der Waals surface area contributed by atoms with E-state index >= 15 is 0 Å². The molecule has 0 radical (unpaired) electrons. The fraction of sp³-hybridized carbons (Fsp3) is 0.409. The molecule has 0 aliphatic carbocycles. The van der Waals surface area contributed by atoms with Crippen LogP contribution in [0, 0.1) is 11.3 Å². The first kappa shape index (κ1) is 19.0. The van der Waals surface area contributed by atoms with Gasteiger partial charge in [-0.2, -0.15) is 5.26 Å². The van der Waals surface area contributed by atoms with Gasteiger partial charge in [-0.25, -0.2) is 0 Å². The summed E-state index contributed by atoms with van der Waals surface area (Å²) in [7, 11) is 0. The standard InChI is InChI=1S/C22H27NO2/c1-2-3-4-5-6-15-24-16-17-25-22-13-11-21(12-14-22)20-9-7-19(18-23)8-10-20/h7-14H,2-6,15-17H2,1H3. The first-order valence-corrected chi connectivity index (χ1v) is 9.14. The van der Waals surface area contributed by atoms with Crippen LogP contribution < -0.4 is 4.74 Å². The Morgan fingerprint density at radius 2 is 1.40 bits per heavy atom. The van der Waals surface area contributed by atoms with Crippen LogP contribution in [0.3, 0.4) is 0 Å². The Balaban J connectivity index is 1.66. The molecule has 0 spiro atoms. The monoisotopic (exact) mass is 337 g/mol. The molecule has 0 aromatic heterocycles. The molecule has 132 valence electrons. The van der Waals surface area contributed by atoms with Gasteiger partial charge in [0.2, 0.25) is 0 Å². The second-order valence-corrected chi connectivity index (χ2v) is 6.09. The predicted octanol–water partition coefficient (Wildman–Crippen LogP) is 5.59. The smallest absolute Gasteiger partial charge is 0.119 e. The van der Waals surface area contributed by atoms with Gasteiger partial charge in [-0.1, -0.05) is 56.9 Å². The van der Waals surface area contributed by atoms with E-state index < -0.39 is 0 Å². The SMILES string of the molecule is CCCCCCCOCCOc1ccc(-c2ccc(C#N)cc2)cc1. The maximum atomic E-state index is 8.84. The highest BCUT2D eigenvalue weighted by molar-refractivity contribution is 5.64. The van der Waals surface area contributed by atoms with Gasteiger partial charge < -0.3 is 9.47 Å². The van der Waals surface area contributed by atoms with Gasteiger partial charge in [0.05, 0.1) is 18.2 Å². The number of hydrogen-bond acceptors (Lipinski definition) is 3. The van der Waals surface area contributed by atoms with Gasteiger partial charge >= 0.3 is 0 Å². The summed E-state index contributed by atoms with van der Waals surface area (Å²) in [5, 5.41) is 8.84. The van der Waals surface area contributed by atoms with Crippen molar-refractivity contribution in [3.05, 3.63) is 54.1 Å². The molecule has 2 rings (SSSR count). The topological polar surface area (TPSA) is 42.2 Å².